The number of halogens is 3. The molecule has 0 spiro atoms. The molecule has 0 radical (unpaired) electrons. The van der Waals surface area contributed by atoms with E-state index in [4.69, 9.17) is 0 Å². The summed E-state index contributed by atoms with van der Waals surface area (Å²) < 4.78 is 38.7. The first-order valence-electron chi connectivity index (χ1n) is 6.38. The van der Waals surface area contributed by atoms with Crippen LogP contribution in [0.4, 0.5) is 19.1 Å². The Hall–Kier alpha value is -1.86. The van der Waals surface area contributed by atoms with E-state index >= 15 is 0 Å². The van der Waals surface area contributed by atoms with Crippen LogP contribution in [-0.2, 0) is 4.79 Å². The third-order valence-electron chi connectivity index (χ3n) is 3.39. The number of hydrazine groups is 1. The van der Waals surface area contributed by atoms with Crippen molar-refractivity contribution in [2.75, 3.05) is 5.43 Å². The quantitative estimate of drug-likeness (QED) is 0.837. The molecule has 0 aliphatic heterocycles. The maximum absolute atomic E-state index is 12.9. The second-order valence-corrected chi connectivity index (χ2v) is 4.73. The molecule has 1 saturated carbocycles. The summed E-state index contributed by atoms with van der Waals surface area (Å²) in [6.45, 7) is 0. The lowest BCUT2D eigenvalue weighted by Gasteiger charge is -2.31. The summed E-state index contributed by atoms with van der Waals surface area (Å²) in [5.74, 6) is -3.16. The average molecular weight is 288 g/mol. The SMILES string of the molecule is O=C(NNc1ncccn1)[C@@H]1CCCC[C@H]1C(F)(F)F. The van der Waals surface area contributed by atoms with Gasteiger partial charge in [-0.25, -0.2) is 9.97 Å². The summed E-state index contributed by atoms with van der Waals surface area (Å²) in [6, 6.07) is 1.59. The maximum atomic E-state index is 12.9. The van der Waals surface area contributed by atoms with Gasteiger partial charge in [-0.3, -0.25) is 15.6 Å². The van der Waals surface area contributed by atoms with Gasteiger partial charge in [0.1, 0.15) is 0 Å². The van der Waals surface area contributed by atoms with Gasteiger partial charge in [0.2, 0.25) is 11.9 Å². The van der Waals surface area contributed by atoms with Gasteiger partial charge in [-0.2, -0.15) is 13.2 Å². The van der Waals surface area contributed by atoms with Crippen LogP contribution in [0.15, 0.2) is 18.5 Å². The van der Waals surface area contributed by atoms with Gasteiger partial charge in [0.25, 0.3) is 0 Å². The second-order valence-electron chi connectivity index (χ2n) is 4.73. The largest absolute Gasteiger partial charge is 0.392 e. The van der Waals surface area contributed by atoms with E-state index < -0.39 is 23.9 Å². The number of aromatic nitrogens is 2. The van der Waals surface area contributed by atoms with Crippen molar-refractivity contribution in [1.29, 1.82) is 0 Å². The van der Waals surface area contributed by atoms with E-state index in [0.717, 1.165) is 0 Å². The number of rotatable bonds is 3. The van der Waals surface area contributed by atoms with E-state index in [1.54, 1.807) is 6.07 Å². The van der Waals surface area contributed by atoms with Gasteiger partial charge in [-0.1, -0.05) is 12.8 Å². The van der Waals surface area contributed by atoms with Crippen molar-refractivity contribution in [2.45, 2.75) is 31.9 Å². The van der Waals surface area contributed by atoms with Crippen LogP contribution in [0, 0.1) is 11.8 Å². The highest BCUT2D eigenvalue weighted by Gasteiger charge is 2.48. The minimum atomic E-state index is -4.34. The number of hydrogen-bond acceptors (Lipinski definition) is 4. The summed E-state index contributed by atoms with van der Waals surface area (Å²) in [5, 5.41) is 0. The molecule has 1 aliphatic carbocycles. The van der Waals surface area contributed by atoms with Crippen molar-refractivity contribution in [1.82, 2.24) is 15.4 Å². The average Bonchev–Trinajstić information content (AvgIpc) is 2.45. The highest BCUT2D eigenvalue weighted by atomic mass is 19.4. The number of alkyl halides is 3. The monoisotopic (exact) mass is 288 g/mol. The van der Waals surface area contributed by atoms with Crippen molar-refractivity contribution in [3.63, 3.8) is 0 Å². The number of carbonyl (C=O) groups is 1. The fourth-order valence-electron chi connectivity index (χ4n) is 2.41. The van der Waals surface area contributed by atoms with Gasteiger partial charge >= 0.3 is 6.18 Å². The van der Waals surface area contributed by atoms with Crippen LogP contribution in [0.5, 0.6) is 0 Å². The minimum absolute atomic E-state index is 0.00340. The third kappa shape index (κ3) is 3.58. The predicted octanol–water partition coefficient (Wildman–Crippen LogP) is 2.29. The highest BCUT2D eigenvalue weighted by molar-refractivity contribution is 5.80. The molecule has 2 N–H and O–H groups in total. The van der Waals surface area contributed by atoms with Crippen molar-refractivity contribution in [2.24, 2.45) is 11.8 Å². The summed E-state index contributed by atoms with van der Waals surface area (Å²) in [4.78, 5) is 19.5. The molecule has 1 aliphatic rings. The van der Waals surface area contributed by atoms with E-state index in [-0.39, 0.29) is 18.8 Å². The number of amides is 1. The Morgan fingerprint density at radius 1 is 1.20 bits per heavy atom. The normalized spacial score (nSPS) is 23.1. The summed E-state index contributed by atoms with van der Waals surface area (Å²) >= 11 is 0. The van der Waals surface area contributed by atoms with Crippen LogP contribution in [-0.4, -0.2) is 22.1 Å². The first kappa shape index (κ1) is 14.5. The molecule has 2 atom stereocenters. The molecule has 0 unspecified atom stereocenters. The van der Waals surface area contributed by atoms with Crippen LogP contribution in [0.2, 0.25) is 0 Å². The molecule has 8 heteroatoms. The van der Waals surface area contributed by atoms with Gasteiger partial charge < -0.3 is 0 Å². The zero-order valence-corrected chi connectivity index (χ0v) is 10.7. The molecule has 1 aromatic rings. The molecule has 0 aromatic carbocycles. The predicted molar refractivity (Wildman–Crippen MR) is 65.3 cm³/mol. The molecule has 110 valence electrons. The molecule has 0 bridgehead atoms. The van der Waals surface area contributed by atoms with E-state index in [0.29, 0.717) is 12.8 Å². The van der Waals surface area contributed by atoms with E-state index in [9.17, 15) is 18.0 Å². The van der Waals surface area contributed by atoms with Gasteiger partial charge in [0.05, 0.1) is 11.8 Å². The standard InChI is InChI=1S/C12H15F3N4O/c13-12(14,15)9-5-2-1-4-8(9)10(20)18-19-11-16-6-3-7-17-11/h3,6-9H,1-2,4-5H2,(H,18,20)(H,16,17,19)/t8-,9-/m1/s1. The van der Waals surface area contributed by atoms with Gasteiger partial charge in [-0.05, 0) is 18.9 Å². The van der Waals surface area contributed by atoms with E-state index in [1.807, 2.05) is 0 Å². The summed E-state index contributed by atoms with van der Waals surface area (Å²) in [5.41, 5.74) is 4.68. The number of nitrogens with one attached hydrogen (secondary N) is 2. The molecule has 2 rings (SSSR count). The Morgan fingerprint density at radius 3 is 2.50 bits per heavy atom. The minimum Gasteiger partial charge on any atom is -0.273 e. The molecular weight excluding hydrogens is 273 g/mol. The molecule has 5 nitrogen and oxygen atoms in total. The lowest BCUT2D eigenvalue weighted by molar-refractivity contribution is -0.198. The maximum Gasteiger partial charge on any atom is 0.392 e. The Balaban J connectivity index is 1.96. The number of anilines is 1. The van der Waals surface area contributed by atoms with Crippen LogP contribution in [0.3, 0.4) is 0 Å². The zero-order valence-electron chi connectivity index (χ0n) is 10.7. The van der Waals surface area contributed by atoms with Gasteiger partial charge in [0.15, 0.2) is 0 Å². The smallest absolute Gasteiger partial charge is 0.273 e. The number of nitrogens with zero attached hydrogens (tertiary/aromatic N) is 2. The lowest BCUT2D eigenvalue weighted by Crippen LogP contribution is -2.44. The van der Waals surface area contributed by atoms with Crippen LogP contribution >= 0.6 is 0 Å². The van der Waals surface area contributed by atoms with Gasteiger partial charge in [0, 0.05) is 12.4 Å². The fourth-order valence-corrected chi connectivity index (χ4v) is 2.41. The molecule has 1 amide bonds. The Morgan fingerprint density at radius 2 is 1.85 bits per heavy atom. The molecule has 20 heavy (non-hydrogen) atoms. The highest BCUT2D eigenvalue weighted by Crippen LogP contribution is 2.41. The zero-order chi connectivity index (χ0) is 14.6. The molecule has 0 saturated heterocycles. The first-order chi connectivity index (χ1) is 9.48. The molecular formula is C12H15F3N4O. The van der Waals surface area contributed by atoms with Crippen molar-refractivity contribution >= 4 is 11.9 Å². The van der Waals surface area contributed by atoms with Crippen molar-refractivity contribution in [3.05, 3.63) is 18.5 Å². The van der Waals surface area contributed by atoms with Crippen molar-refractivity contribution in [3.8, 4) is 0 Å². The first-order valence-corrected chi connectivity index (χ1v) is 6.38. The Labute approximate surface area is 114 Å². The topological polar surface area (TPSA) is 66.9 Å². The molecule has 1 fully saturated rings. The van der Waals surface area contributed by atoms with E-state index in [2.05, 4.69) is 20.8 Å². The Kier molecular flexibility index (Phi) is 4.41. The van der Waals surface area contributed by atoms with Gasteiger partial charge in [-0.15, -0.1) is 0 Å². The number of hydrogen-bond donors (Lipinski definition) is 2. The van der Waals surface area contributed by atoms with Crippen LogP contribution < -0.4 is 10.9 Å². The summed E-state index contributed by atoms with van der Waals surface area (Å²) in [6.07, 6.45) is -0.0423. The van der Waals surface area contributed by atoms with Crippen molar-refractivity contribution < 1.29 is 18.0 Å². The number of carbonyl (C=O) groups excluding carboxylic acids is 1. The third-order valence-corrected chi connectivity index (χ3v) is 3.39. The fraction of sp³-hybridized carbons (Fsp3) is 0.583. The molecule has 1 heterocycles. The Bertz CT molecular complexity index is 452. The molecule has 1 aromatic heterocycles. The summed E-state index contributed by atoms with van der Waals surface area (Å²) in [7, 11) is 0. The van der Waals surface area contributed by atoms with Crippen LogP contribution in [0.25, 0.3) is 0 Å². The second kappa shape index (κ2) is 6.06. The lowest BCUT2D eigenvalue weighted by atomic mass is 9.78. The van der Waals surface area contributed by atoms with E-state index in [1.165, 1.54) is 12.4 Å². The van der Waals surface area contributed by atoms with Crippen LogP contribution in [0.1, 0.15) is 25.7 Å².